The molecule has 1 aromatic heterocycles. The lowest BCUT2D eigenvalue weighted by molar-refractivity contribution is -0.0882. The van der Waals surface area contributed by atoms with Gasteiger partial charge in [-0.15, -0.1) is 11.3 Å². The minimum absolute atomic E-state index is 0.143. The van der Waals surface area contributed by atoms with E-state index in [2.05, 4.69) is 23.3 Å². The number of hydrogen-bond donors (Lipinski definition) is 1. The zero-order valence-electron chi connectivity index (χ0n) is 13.1. The van der Waals surface area contributed by atoms with Gasteiger partial charge in [0.1, 0.15) is 0 Å². The first kappa shape index (κ1) is 18.0. The van der Waals surface area contributed by atoms with Crippen molar-refractivity contribution in [2.75, 3.05) is 6.54 Å². The smallest absolute Gasteiger partial charge is 0.389 e. The van der Waals surface area contributed by atoms with E-state index in [-0.39, 0.29) is 10.8 Å². The van der Waals surface area contributed by atoms with E-state index in [9.17, 15) is 18.0 Å². The summed E-state index contributed by atoms with van der Waals surface area (Å²) in [5.74, 6) is -1.65. The van der Waals surface area contributed by atoms with E-state index in [1.807, 2.05) is 0 Å². The van der Waals surface area contributed by atoms with Crippen LogP contribution in [0.15, 0.2) is 18.0 Å². The Morgan fingerprint density at radius 2 is 2.13 bits per heavy atom. The van der Waals surface area contributed by atoms with Crippen molar-refractivity contribution in [3.8, 4) is 0 Å². The molecule has 0 aromatic carbocycles. The molecule has 1 N–H and O–H groups in total. The van der Waals surface area contributed by atoms with Gasteiger partial charge in [-0.3, -0.25) is 4.79 Å². The lowest BCUT2D eigenvalue weighted by Crippen LogP contribution is -2.21. The Morgan fingerprint density at radius 1 is 1.39 bits per heavy atom. The van der Waals surface area contributed by atoms with Gasteiger partial charge in [-0.2, -0.15) is 13.2 Å². The molecule has 128 valence electrons. The molecule has 1 aromatic rings. The van der Waals surface area contributed by atoms with Crippen LogP contribution in [0.4, 0.5) is 13.2 Å². The Morgan fingerprint density at radius 3 is 2.83 bits per heavy atom. The molecule has 0 radical (unpaired) electrons. The minimum atomic E-state index is -4.83. The molecule has 0 bridgehead atoms. The van der Waals surface area contributed by atoms with Crippen LogP contribution < -0.4 is 5.32 Å². The number of hydrogen-bond acceptors (Lipinski definition) is 4. The summed E-state index contributed by atoms with van der Waals surface area (Å²) in [4.78, 5) is 15.1. The van der Waals surface area contributed by atoms with E-state index < -0.39 is 12.0 Å². The van der Waals surface area contributed by atoms with Gasteiger partial charge in [0.05, 0.1) is 9.88 Å². The molecule has 2 rings (SSSR count). The molecule has 0 amide bonds. The summed E-state index contributed by atoms with van der Waals surface area (Å²) in [5.41, 5.74) is 1.25. The number of rotatable bonds is 4. The maximum absolute atomic E-state index is 12.5. The van der Waals surface area contributed by atoms with E-state index >= 15 is 0 Å². The second-order valence-electron chi connectivity index (χ2n) is 5.67. The molecule has 0 spiro atoms. The van der Waals surface area contributed by atoms with Crippen molar-refractivity contribution in [1.82, 2.24) is 10.3 Å². The second-order valence-corrected chi connectivity index (χ2v) is 6.73. The van der Waals surface area contributed by atoms with Crippen LogP contribution in [-0.4, -0.2) is 23.5 Å². The molecular formula is C16H21F3N2OS. The van der Waals surface area contributed by atoms with Crippen molar-refractivity contribution < 1.29 is 18.0 Å². The second kappa shape index (κ2) is 7.95. The maximum atomic E-state index is 12.5. The maximum Gasteiger partial charge on any atom is 0.455 e. The average Bonchev–Trinajstić information content (AvgIpc) is 2.99. The number of thiazole rings is 1. The molecule has 1 aliphatic rings. The highest BCUT2D eigenvalue weighted by Gasteiger charge is 2.40. The zero-order chi connectivity index (χ0) is 16.9. The van der Waals surface area contributed by atoms with E-state index in [4.69, 9.17) is 0 Å². The van der Waals surface area contributed by atoms with E-state index in [0.29, 0.717) is 5.01 Å². The first-order valence-corrected chi connectivity index (χ1v) is 8.73. The van der Waals surface area contributed by atoms with Gasteiger partial charge < -0.3 is 5.32 Å². The zero-order valence-corrected chi connectivity index (χ0v) is 13.9. The molecule has 1 heterocycles. The lowest BCUT2D eigenvalue weighted by atomic mass is 9.97. The van der Waals surface area contributed by atoms with Crippen LogP contribution in [0.2, 0.25) is 0 Å². The van der Waals surface area contributed by atoms with E-state index in [0.717, 1.165) is 62.6 Å². The fourth-order valence-corrected chi connectivity index (χ4v) is 3.83. The Bertz CT molecular complexity index is 566. The molecular weight excluding hydrogens is 325 g/mol. The number of halogens is 3. The number of alkyl halides is 3. The highest BCUT2D eigenvalue weighted by atomic mass is 32.1. The standard InChI is InChI=1S/C16H21F3N2OS/c1-2-20-12-8-4-3-6-11(7-5-9-12)15-21-10-13(23-15)14(22)16(17,18)19/h8,10-11,20H,2-7,9H2,1H3/b12-8+. The first-order valence-electron chi connectivity index (χ1n) is 7.92. The van der Waals surface area contributed by atoms with Crippen molar-refractivity contribution in [3.63, 3.8) is 0 Å². The third-order valence-corrected chi connectivity index (χ3v) is 5.06. The highest BCUT2D eigenvalue weighted by Crippen LogP contribution is 2.34. The van der Waals surface area contributed by atoms with Crippen LogP contribution in [0.25, 0.3) is 0 Å². The van der Waals surface area contributed by atoms with Gasteiger partial charge in [0.2, 0.25) is 0 Å². The summed E-state index contributed by atoms with van der Waals surface area (Å²) < 4.78 is 37.5. The molecule has 1 unspecified atom stereocenters. The third kappa shape index (κ3) is 5.06. The molecule has 0 saturated carbocycles. The Labute approximate surface area is 138 Å². The van der Waals surface area contributed by atoms with Crippen molar-refractivity contribution in [2.45, 2.75) is 57.5 Å². The number of aromatic nitrogens is 1. The topological polar surface area (TPSA) is 42.0 Å². The van der Waals surface area contributed by atoms with Gasteiger partial charge in [0.25, 0.3) is 5.78 Å². The monoisotopic (exact) mass is 346 g/mol. The van der Waals surface area contributed by atoms with Crippen LogP contribution >= 0.6 is 11.3 Å². The van der Waals surface area contributed by atoms with Crippen molar-refractivity contribution in [2.24, 2.45) is 0 Å². The Balaban J connectivity index is 2.02. The number of nitrogens with zero attached hydrogens (tertiary/aromatic N) is 1. The third-order valence-electron chi connectivity index (χ3n) is 3.90. The minimum Gasteiger partial charge on any atom is -0.389 e. The van der Waals surface area contributed by atoms with Crippen LogP contribution in [0.3, 0.4) is 0 Å². The number of Topliss-reactive ketones (excluding diaryl/α,β-unsaturated/α-hetero) is 1. The van der Waals surface area contributed by atoms with Crippen molar-refractivity contribution in [3.05, 3.63) is 27.9 Å². The summed E-state index contributed by atoms with van der Waals surface area (Å²) in [6, 6.07) is 0. The fraction of sp³-hybridized carbons (Fsp3) is 0.625. The molecule has 0 fully saturated rings. The first-order chi connectivity index (χ1) is 10.9. The van der Waals surface area contributed by atoms with Gasteiger partial charge >= 0.3 is 6.18 Å². The van der Waals surface area contributed by atoms with Gasteiger partial charge in [-0.25, -0.2) is 4.98 Å². The number of carbonyl (C=O) groups excluding carboxylic acids is 1. The van der Waals surface area contributed by atoms with Crippen LogP contribution in [0.5, 0.6) is 0 Å². The van der Waals surface area contributed by atoms with Gasteiger partial charge in [-0.05, 0) is 45.4 Å². The Hall–Kier alpha value is -1.37. The number of nitrogens with one attached hydrogen (secondary N) is 1. The number of carbonyl (C=O) groups is 1. The summed E-state index contributed by atoms with van der Waals surface area (Å²) >= 11 is 0.895. The van der Waals surface area contributed by atoms with E-state index in [1.165, 1.54) is 5.70 Å². The van der Waals surface area contributed by atoms with E-state index in [1.54, 1.807) is 0 Å². The SMILES string of the molecule is CCN/C1=C/CCCC(c2ncc(C(=O)C(F)(F)F)s2)CCC1. The molecule has 23 heavy (non-hydrogen) atoms. The number of allylic oxidation sites excluding steroid dienone is 2. The molecule has 7 heteroatoms. The van der Waals surface area contributed by atoms with Crippen LogP contribution in [0.1, 0.15) is 66.0 Å². The highest BCUT2D eigenvalue weighted by molar-refractivity contribution is 7.13. The molecule has 0 aliphatic heterocycles. The lowest BCUT2D eigenvalue weighted by Gasteiger charge is -2.13. The van der Waals surface area contributed by atoms with Crippen molar-refractivity contribution in [1.29, 1.82) is 0 Å². The predicted octanol–water partition coefficient (Wildman–Crippen LogP) is 4.82. The summed E-state index contributed by atoms with van der Waals surface area (Å²) in [7, 11) is 0. The van der Waals surface area contributed by atoms with Crippen LogP contribution in [0, 0.1) is 0 Å². The fourth-order valence-electron chi connectivity index (χ4n) is 2.78. The average molecular weight is 346 g/mol. The summed E-state index contributed by atoms with van der Waals surface area (Å²) in [5, 5.41) is 4.01. The van der Waals surface area contributed by atoms with Gasteiger partial charge in [0.15, 0.2) is 0 Å². The molecule has 3 nitrogen and oxygen atoms in total. The summed E-state index contributed by atoms with van der Waals surface area (Å²) in [6.45, 7) is 2.95. The Kier molecular flexibility index (Phi) is 6.21. The van der Waals surface area contributed by atoms with Gasteiger partial charge in [-0.1, -0.05) is 6.08 Å². The number of ketones is 1. The predicted molar refractivity (Wildman–Crippen MR) is 84.7 cm³/mol. The molecule has 1 aliphatic carbocycles. The summed E-state index contributed by atoms with van der Waals surface area (Å²) in [6.07, 6.45) is 4.08. The normalized spacial score (nSPS) is 22.4. The van der Waals surface area contributed by atoms with Crippen molar-refractivity contribution >= 4 is 17.1 Å². The van der Waals surface area contributed by atoms with Crippen LogP contribution in [-0.2, 0) is 0 Å². The largest absolute Gasteiger partial charge is 0.455 e. The quantitative estimate of drug-likeness (QED) is 0.795. The molecule has 0 saturated heterocycles. The van der Waals surface area contributed by atoms with Gasteiger partial charge in [0, 0.05) is 24.4 Å². The molecule has 1 atom stereocenters.